The average molecular weight is 368 g/mol. The lowest BCUT2D eigenvalue weighted by Crippen LogP contribution is -2.26. The normalized spacial score (nSPS) is 23.0. The first-order valence-corrected chi connectivity index (χ1v) is 8.75. The van der Waals surface area contributed by atoms with E-state index in [1.165, 1.54) is 70.6 Å². The monoisotopic (exact) mass is 368 g/mol. The van der Waals surface area contributed by atoms with Gasteiger partial charge in [-0.2, -0.15) is 0 Å². The van der Waals surface area contributed by atoms with Crippen LogP contribution in [0.15, 0.2) is 0 Å². The first kappa shape index (κ1) is 16.7. The molecule has 0 aromatic rings. The maximum absolute atomic E-state index is 5.98. The van der Waals surface area contributed by atoms with Gasteiger partial charge in [0.25, 0.3) is 0 Å². The van der Waals surface area contributed by atoms with Crippen molar-refractivity contribution in [1.29, 1.82) is 0 Å². The molecule has 0 N–H and O–H groups in total. The van der Waals surface area contributed by atoms with Gasteiger partial charge >= 0.3 is 0 Å². The number of hydrogen-bond acceptors (Lipinski definition) is 2. The summed E-state index contributed by atoms with van der Waals surface area (Å²) in [4.78, 5) is 0. The molecule has 0 bridgehead atoms. The fourth-order valence-electron chi connectivity index (χ4n) is 2.52. The van der Waals surface area contributed by atoms with Gasteiger partial charge in [0.2, 0.25) is 0 Å². The van der Waals surface area contributed by atoms with Crippen molar-refractivity contribution in [1.82, 2.24) is 0 Å². The Kier molecular flexibility index (Phi) is 9.69. The van der Waals surface area contributed by atoms with Gasteiger partial charge in [0.05, 0.1) is 0 Å². The highest BCUT2D eigenvalue weighted by molar-refractivity contribution is 14.1. The zero-order valence-electron chi connectivity index (χ0n) is 11.9. The summed E-state index contributed by atoms with van der Waals surface area (Å²) in [5.41, 5.74) is 0. The van der Waals surface area contributed by atoms with Crippen LogP contribution in [0.4, 0.5) is 0 Å². The smallest absolute Gasteiger partial charge is 0.148 e. The van der Waals surface area contributed by atoms with E-state index in [1.54, 1.807) is 0 Å². The lowest BCUT2D eigenvalue weighted by Gasteiger charge is -2.28. The SMILES string of the molecule is CCOCOC1(I)CCCCCCCCCCC1. The first-order chi connectivity index (χ1) is 8.77. The molecular formula is C15H29IO2. The second-order valence-corrected chi connectivity index (χ2v) is 7.29. The summed E-state index contributed by atoms with van der Waals surface area (Å²) in [6, 6.07) is 0. The minimum atomic E-state index is 0.0200. The summed E-state index contributed by atoms with van der Waals surface area (Å²) >= 11 is 2.52. The van der Waals surface area contributed by atoms with Crippen LogP contribution in [0.25, 0.3) is 0 Å². The van der Waals surface area contributed by atoms with Crippen molar-refractivity contribution in [2.45, 2.75) is 81.2 Å². The van der Waals surface area contributed by atoms with Crippen LogP contribution < -0.4 is 0 Å². The maximum atomic E-state index is 5.98. The van der Waals surface area contributed by atoms with Gasteiger partial charge < -0.3 is 9.47 Å². The van der Waals surface area contributed by atoms with Crippen LogP contribution in [-0.4, -0.2) is 17.0 Å². The Bertz CT molecular complexity index is 185. The fourth-order valence-corrected chi connectivity index (χ4v) is 3.41. The van der Waals surface area contributed by atoms with E-state index in [0.717, 1.165) is 6.61 Å². The Morgan fingerprint density at radius 2 is 1.28 bits per heavy atom. The van der Waals surface area contributed by atoms with Crippen LogP contribution in [0.1, 0.15) is 77.6 Å². The molecule has 3 heteroatoms. The maximum Gasteiger partial charge on any atom is 0.148 e. The van der Waals surface area contributed by atoms with Crippen molar-refractivity contribution < 1.29 is 9.47 Å². The predicted molar refractivity (Wildman–Crippen MR) is 85.1 cm³/mol. The Labute approximate surface area is 126 Å². The molecule has 1 rings (SSSR count). The Balaban J connectivity index is 2.34. The van der Waals surface area contributed by atoms with Crippen molar-refractivity contribution in [3.05, 3.63) is 0 Å². The average Bonchev–Trinajstić information content (AvgIpc) is 2.34. The van der Waals surface area contributed by atoms with Crippen LogP contribution >= 0.6 is 22.6 Å². The molecule has 1 aliphatic carbocycles. The van der Waals surface area contributed by atoms with Gasteiger partial charge in [0.15, 0.2) is 0 Å². The molecule has 0 aromatic heterocycles. The molecular weight excluding hydrogens is 339 g/mol. The summed E-state index contributed by atoms with van der Waals surface area (Å²) in [7, 11) is 0. The van der Waals surface area contributed by atoms with Gasteiger partial charge in [-0.25, -0.2) is 0 Å². The van der Waals surface area contributed by atoms with Crippen LogP contribution in [-0.2, 0) is 9.47 Å². The minimum Gasteiger partial charge on any atom is -0.356 e. The fraction of sp³-hybridized carbons (Fsp3) is 1.00. The first-order valence-electron chi connectivity index (χ1n) is 7.67. The van der Waals surface area contributed by atoms with Gasteiger partial charge in [-0.05, 0) is 55.2 Å². The third kappa shape index (κ3) is 7.95. The van der Waals surface area contributed by atoms with E-state index in [2.05, 4.69) is 22.6 Å². The third-order valence-electron chi connectivity index (χ3n) is 3.71. The van der Waals surface area contributed by atoms with Crippen LogP contribution in [0, 0.1) is 0 Å². The van der Waals surface area contributed by atoms with Crippen LogP contribution in [0.2, 0.25) is 0 Å². The van der Waals surface area contributed by atoms with E-state index in [0.29, 0.717) is 6.79 Å². The molecule has 18 heavy (non-hydrogen) atoms. The summed E-state index contributed by atoms with van der Waals surface area (Å²) in [6.45, 7) is 3.22. The zero-order chi connectivity index (χ0) is 13.1. The Morgan fingerprint density at radius 3 is 1.72 bits per heavy atom. The summed E-state index contributed by atoms with van der Waals surface area (Å²) in [5, 5.41) is 0. The van der Waals surface area contributed by atoms with E-state index in [-0.39, 0.29) is 3.61 Å². The van der Waals surface area contributed by atoms with Crippen molar-refractivity contribution in [3.8, 4) is 0 Å². The minimum absolute atomic E-state index is 0.0200. The van der Waals surface area contributed by atoms with Crippen LogP contribution in [0.5, 0.6) is 0 Å². The molecule has 108 valence electrons. The molecule has 0 unspecified atom stereocenters. The summed E-state index contributed by atoms with van der Waals surface area (Å²) < 4.78 is 11.3. The highest BCUT2D eigenvalue weighted by Gasteiger charge is 2.26. The molecule has 0 amide bonds. The lowest BCUT2D eigenvalue weighted by molar-refractivity contribution is -0.0990. The zero-order valence-corrected chi connectivity index (χ0v) is 14.0. The number of ether oxygens (including phenoxy) is 2. The molecule has 0 radical (unpaired) electrons. The summed E-state index contributed by atoms with van der Waals surface area (Å²) in [6.07, 6.45) is 14.8. The standard InChI is InChI=1S/C15H29IO2/c1-2-17-14-18-15(16)12-10-8-6-4-3-5-7-9-11-13-15/h2-14H2,1H3. The Morgan fingerprint density at radius 1 is 0.833 bits per heavy atom. The van der Waals surface area contributed by atoms with E-state index in [4.69, 9.17) is 9.47 Å². The largest absolute Gasteiger partial charge is 0.356 e. The van der Waals surface area contributed by atoms with Gasteiger partial charge in [0.1, 0.15) is 10.4 Å². The highest BCUT2D eigenvalue weighted by Crippen LogP contribution is 2.34. The molecule has 1 aliphatic rings. The van der Waals surface area contributed by atoms with Crippen molar-refractivity contribution >= 4 is 22.6 Å². The van der Waals surface area contributed by atoms with E-state index in [1.807, 2.05) is 6.92 Å². The molecule has 0 aromatic carbocycles. The van der Waals surface area contributed by atoms with Gasteiger partial charge in [-0.3, -0.25) is 0 Å². The molecule has 0 aliphatic heterocycles. The second kappa shape index (κ2) is 10.4. The topological polar surface area (TPSA) is 18.5 Å². The van der Waals surface area contributed by atoms with E-state index >= 15 is 0 Å². The number of rotatable bonds is 4. The second-order valence-electron chi connectivity index (χ2n) is 5.32. The Hall–Kier alpha value is 0.650. The molecule has 1 fully saturated rings. The molecule has 1 saturated carbocycles. The van der Waals surface area contributed by atoms with E-state index in [9.17, 15) is 0 Å². The predicted octanol–water partition coefficient (Wildman–Crippen LogP) is 5.43. The molecule has 0 saturated heterocycles. The van der Waals surface area contributed by atoms with Crippen molar-refractivity contribution in [3.63, 3.8) is 0 Å². The molecule has 0 atom stereocenters. The summed E-state index contributed by atoms with van der Waals surface area (Å²) in [5.74, 6) is 0. The molecule has 0 spiro atoms. The van der Waals surface area contributed by atoms with Crippen LogP contribution in [0.3, 0.4) is 0 Å². The number of hydrogen-bond donors (Lipinski definition) is 0. The van der Waals surface area contributed by atoms with E-state index < -0.39 is 0 Å². The third-order valence-corrected chi connectivity index (χ3v) is 5.10. The number of halogens is 1. The quantitative estimate of drug-likeness (QED) is 0.285. The van der Waals surface area contributed by atoms with Gasteiger partial charge in [-0.15, -0.1) is 0 Å². The molecule has 2 nitrogen and oxygen atoms in total. The van der Waals surface area contributed by atoms with Gasteiger partial charge in [0, 0.05) is 6.61 Å². The molecule has 0 heterocycles. The number of alkyl halides is 1. The van der Waals surface area contributed by atoms with Crippen molar-refractivity contribution in [2.24, 2.45) is 0 Å². The van der Waals surface area contributed by atoms with Gasteiger partial charge in [-0.1, -0.05) is 44.9 Å². The highest BCUT2D eigenvalue weighted by atomic mass is 127. The lowest BCUT2D eigenvalue weighted by atomic mass is 9.99. The van der Waals surface area contributed by atoms with Crippen molar-refractivity contribution in [2.75, 3.05) is 13.4 Å².